The van der Waals surface area contributed by atoms with E-state index >= 15 is 0 Å². The Bertz CT molecular complexity index is 720. The Morgan fingerprint density at radius 2 is 1.92 bits per heavy atom. The topological polar surface area (TPSA) is 80.1 Å². The Balaban J connectivity index is 1.58. The first kappa shape index (κ1) is 17.1. The quantitative estimate of drug-likeness (QED) is 0.897. The molecular formula is C18H23N5O2. The first-order chi connectivity index (χ1) is 12.2. The van der Waals surface area contributed by atoms with Crippen LogP contribution in [0, 0.1) is 5.92 Å². The van der Waals surface area contributed by atoms with E-state index in [1.807, 2.05) is 37.3 Å². The number of hydrogen-bond donors (Lipinski definition) is 1. The minimum absolute atomic E-state index is 0.00407. The van der Waals surface area contributed by atoms with Crippen molar-refractivity contribution in [3.8, 4) is 5.69 Å². The van der Waals surface area contributed by atoms with Gasteiger partial charge in [0.2, 0.25) is 5.91 Å². The first-order valence-corrected chi connectivity index (χ1v) is 8.73. The molecule has 2 amide bonds. The molecule has 0 bridgehead atoms. The van der Waals surface area contributed by atoms with Gasteiger partial charge in [0.15, 0.2) is 5.69 Å². The monoisotopic (exact) mass is 341 g/mol. The van der Waals surface area contributed by atoms with Gasteiger partial charge < -0.3 is 10.2 Å². The molecule has 0 aliphatic carbocycles. The number of nitrogens with one attached hydrogen (secondary N) is 1. The molecule has 132 valence electrons. The number of hydrogen-bond acceptors (Lipinski definition) is 4. The summed E-state index contributed by atoms with van der Waals surface area (Å²) in [6.45, 7) is 3.88. The molecule has 1 N–H and O–H groups in total. The number of piperidine rings is 1. The minimum Gasteiger partial charge on any atom is -0.356 e. The van der Waals surface area contributed by atoms with Crippen LogP contribution >= 0.6 is 0 Å². The van der Waals surface area contributed by atoms with Gasteiger partial charge in [-0.25, -0.2) is 0 Å². The Labute approximate surface area is 147 Å². The van der Waals surface area contributed by atoms with Crippen molar-refractivity contribution in [3.63, 3.8) is 0 Å². The van der Waals surface area contributed by atoms with Crippen molar-refractivity contribution in [1.29, 1.82) is 0 Å². The lowest BCUT2D eigenvalue weighted by atomic mass is 9.95. The third kappa shape index (κ3) is 4.04. The van der Waals surface area contributed by atoms with Gasteiger partial charge in [0.1, 0.15) is 0 Å². The smallest absolute Gasteiger partial charge is 0.276 e. The number of para-hydroxylation sites is 1. The lowest BCUT2D eigenvalue weighted by Gasteiger charge is -2.30. The summed E-state index contributed by atoms with van der Waals surface area (Å²) in [5, 5.41) is 11.4. The Kier molecular flexibility index (Phi) is 5.42. The predicted molar refractivity (Wildman–Crippen MR) is 93.3 cm³/mol. The maximum absolute atomic E-state index is 12.6. The molecule has 0 atom stereocenters. The van der Waals surface area contributed by atoms with Crippen LogP contribution in [-0.4, -0.2) is 51.3 Å². The van der Waals surface area contributed by atoms with Crippen LogP contribution in [-0.2, 0) is 4.79 Å². The second kappa shape index (κ2) is 7.92. The van der Waals surface area contributed by atoms with Crippen molar-refractivity contribution < 1.29 is 9.59 Å². The fourth-order valence-electron chi connectivity index (χ4n) is 2.95. The van der Waals surface area contributed by atoms with Crippen molar-refractivity contribution in [1.82, 2.24) is 25.2 Å². The minimum atomic E-state index is -0.130. The summed E-state index contributed by atoms with van der Waals surface area (Å²) in [5.74, 6) is -0.0332. The molecule has 1 aromatic carbocycles. The van der Waals surface area contributed by atoms with Gasteiger partial charge in [0, 0.05) is 25.6 Å². The fraction of sp³-hybridized carbons (Fsp3) is 0.444. The molecule has 2 aromatic rings. The summed E-state index contributed by atoms with van der Waals surface area (Å²) >= 11 is 0. The Morgan fingerprint density at radius 3 is 2.60 bits per heavy atom. The molecule has 25 heavy (non-hydrogen) atoms. The summed E-state index contributed by atoms with van der Waals surface area (Å²) in [6.07, 6.45) is 3.80. The van der Waals surface area contributed by atoms with E-state index in [9.17, 15) is 9.59 Å². The van der Waals surface area contributed by atoms with Crippen LogP contribution in [0.5, 0.6) is 0 Å². The molecule has 1 aliphatic heterocycles. The average molecular weight is 341 g/mol. The fourth-order valence-corrected chi connectivity index (χ4v) is 2.95. The molecule has 3 rings (SSSR count). The third-order valence-electron chi connectivity index (χ3n) is 4.40. The number of benzene rings is 1. The number of likely N-dealkylation sites (tertiary alicyclic amines) is 1. The van der Waals surface area contributed by atoms with Crippen molar-refractivity contribution in [2.75, 3.05) is 19.6 Å². The standard InChI is InChI=1S/C18H23N5O2/c1-2-10-19-17(24)14-8-11-22(12-9-14)18(25)16-13-20-23(21-16)15-6-4-3-5-7-15/h3-7,13-14H,2,8-12H2,1H3,(H,19,24). The number of carbonyl (C=O) groups excluding carboxylic acids is 2. The summed E-state index contributed by atoms with van der Waals surface area (Å²) in [6, 6.07) is 9.48. The van der Waals surface area contributed by atoms with Gasteiger partial charge in [-0.1, -0.05) is 25.1 Å². The molecule has 1 saturated heterocycles. The highest BCUT2D eigenvalue weighted by molar-refractivity contribution is 5.92. The van der Waals surface area contributed by atoms with E-state index in [-0.39, 0.29) is 17.7 Å². The highest BCUT2D eigenvalue weighted by Crippen LogP contribution is 2.19. The van der Waals surface area contributed by atoms with E-state index in [4.69, 9.17) is 0 Å². The highest BCUT2D eigenvalue weighted by atomic mass is 16.2. The van der Waals surface area contributed by atoms with Crippen LogP contribution in [0.3, 0.4) is 0 Å². The third-order valence-corrected chi connectivity index (χ3v) is 4.40. The van der Waals surface area contributed by atoms with Crippen molar-refractivity contribution in [3.05, 3.63) is 42.2 Å². The normalized spacial score (nSPS) is 15.2. The summed E-state index contributed by atoms with van der Waals surface area (Å²) in [4.78, 5) is 27.8. The Hall–Kier alpha value is -2.70. The number of carbonyl (C=O) groups is 2. The predicted octanol–water partition coefficient (Wildman–Crippen LogP) is 1.65. The first-order valence-electron chi connectivity index (χ1n) is 8.73. The number of nitrogens with zero attached hydrogens (tertiary/aromatic N) is 4. The zero-order valence-corrected chi connectivity index (χ0v) is 14.4. The van der Waals surface area contributed by atoms with E-state index in [1.54, 1.807) is 4.90 Å². The molecule has 0 saturated carbocycles. The summed E-state index contributed by atoms with van der Waals surface area (Å²) in [7, 11) is 0. The molecular weight excluding hydrogens is 318 g/mol. The lowest BCUT2D eigenvalue weighted by molar-refractivity contribution is -0.126. The van der Waals surface area contributed by atoms with Gasteiger partial charge in [-0.2, -0.15) is 9.90 Å². The van der Waals surface area contributed by atoms with Crippen molar-refractivity contribution >= 4 is 11.8 Å². The van der Waals surface area contributed by atoms with Gasteiger partial charge in [0.25, 0.3) is 5.91 Å². The van der Waals surface area contributed by atoms with Crippen LogP contribution in [0.4, 0.5) is 0 Å². The van der Waals surface area contributed by atoms with Crippen molar-refractivity contribution in [2.45, 2.75) is 26.2 Å². The Morgan fingerprint density at radius 1 is 1.20 bits per heavy atom. The zero-order valence-electron chi connectivity index (χ0n) is 14.4. The lowest BCUT2D eigenvalue weighted by Crippen LogP contribution is -2.43. The maximum Gasteiger partial charge on any atom is 0.276 e. The summed E-state index contributed by atoms with van der Waals surface area (Å²) in [5.41, 5.74) is 1.14. The molecule has 1 aliphatic rings. The van der Waals surface area contributed by atoms with E-state index < -0.39 is 0 Å². The van der Waals surface area contributed by atoms with Gasteiger partial charge in [-0.15, -0.1) is 5.10 Å². The molecule has 0 unspecified atom stereocenters. The highest BCUT2D eigenvalue weighted by Gasteiger charge is 2.28. The molecule has 1 fully saturated rings. The zero-order chi connectivity index (χ0) is 17.6. The molecule has 0 spiro atoms. The number of aromatic nitrogens is 3. The maximum atomic E-state index is 12.6. The van der Waals surface area contributed by atoms with E-state index in [2.05, 4.69) is 15.5 Å². The molecule has 7 nitrogen and oxygen atoms in total. The molecule has 7 heteroatoms. The van der Waals surface area contributed by atoms with Gasteiger partial charge >= 0.3 is 0 Å². The van der Waals surface area contributed by atoms with Crippen LogP contribution < -0.4 is 5.32 Å². The second-order valence-electron chi connectivity index (χ2n) is 6.21. The van der Waals surface area contributed by atoms with E-state index in [0.717, 1.165) is 12.1 Å². The van der Waals surface area contributed by atoms with Crippen LogP contribution in [0.1, 0.15) is 36.7 Å². The van der Waals surface area contributed by atoms with E-state index in [0.29, 0.717) is 38.2 Å². The van der Waals surface area contributed by atoms with Crippen LogP contribution in [0.15, 0.2) is 36.5 Å². The largest absolute Gasteiger partial charge is 0.356 e. The van der Waals surface area contributed by atoms with Crippen LogP contribution in [0.25, 0.3) is 5.69 Å². The van der Waals surface area contributed by atoms with Gasteiger partial charge in [-0.3, -0.25) is 9.59 Å². The number of rotatable bonds is 5. The average Bonchev–Trinajstić information content (AvgIpc) is 3.16. The SMILES string of the molecule is CCCNC(=O)C1CCN(C(=O)c2cnn(-c3ccccc3)n2)CC1. The van der Waals surface area contributed by atoms with Crippen LogP contribution in [0.2, 0.25) is 0 Å². The summed E-state index contributed by atoms with van der Waals surface area (Å²) < 4.78 is 0. The van der Waals surface area contributed by atoms with Gasteiger partial charge in [0.05, 0.1) is 11.9 Å². The molecule has 0 radical (unpaired) electrons. The van der Waals surface area contributed by atoms with E-state index in [1.165, 1.54) is 11.0 Å². The molecule has 2 heterocycles. The van der Waals surface area contributed by atoms with Crippen molar-refractivity contribution in [2.24, 2.45) is 5.92 Å². The second-order valence-corrected chi connectivity index (χ2v) is 6.21. The number of amides is 2. The molecule has 1 aromatic heterocycles. The van der Waals surface area contributed by atoms with Gasteiger partial charge in [-0.05, 0) is 31.4 Å².